The van der Waals surface area contributed by atoms with Crippen molar-refractivity contribution < 1.29 is 19.4 Å². The van der Waals surface area contributed by atoms with Gasteiger partial charge < -0.3 is 20.5 Å². The molecule has 0 aromatic heterocycles. The number of hydrogen-bond donors (Lipinski definition) is 3. The number of carboxylic acids is 1. The number of unbranched alkanes of at least 4 members (excludes halogenated alkanes) is 3. The number of aliphatic carboxylic acids is 1. The van der Waals surface area contributed by atoms with Crippen molar-refractivity contribution in [2.45, 2.75) is 70.4 Å². The number of carboxylic acid groups (broad SMARTS) is 1. The Labute approximate surface area is 126 Å². The minimum Gasteiger partial charge on any atom is -0.481 e. The van der Waals surface area contributed by atoms with E-state index in [-0.39, 0.29) is 24.1 Å². The molecule has 2 amide bonds. The molecule has 0 aromatic carbocycles. The highest BCUT2D eigenvalue weighted by atomic mass is 16.5. The molecule has 1 atom stereocenters. The van der Waals surface area contributed by atoms with Crippen molar-refractivity contribution in [3.8, 4) is 0 Å². The molecule has 1 heterocycles. The number of ether oxygens (including phenoxy) is 1. The molecule has 6 heteroatoms. The lowest BCUT2D eigenvalue weighted by Gasteiger charge is -2.35. The molecule has 1 aliphatic heterocycles. The first kappa shape index (κ1) is 17.8. The van der Waals surface area contributed by atoms with E-state index in [0.29, 0.717) is 19.6 Å². The molecule has 6 nitrogen and oxygen atoms in total. The molecule has 0 radical (unpaired) electrons. The average molecular weight is 300 g/mol. The van der Waals surface area contributed by atoms with Crippen LogP contribution in [0.25, 0.3) is 0 Å². The van der Waals surface area contributed by atoms with Gasteiger partial charge in [0.05, 0.1) is 5.60 Å². The summed E-state index contributed by atoms with van der Waals surface area (Å²) >= 11 is 0. The lowest BCUT2D eigenvalue weighted by molar-refractivity contribution is -0.137. The molecule has 21 heavy (non-hydrogen) atoms. The molecule has 0 spiro atoms. The lowest BCUT2D eigenvalue weighted by Crippen LogP contribution is -2.49. The van der Waals surface area contributed by atoms with Gasteiger partial charge in [-0.25, -0.2) is 4.79 Å². The quantitative estimate of drug-likeness (QED) is 0.600. The number of urea groups is 1. The first-order valence-electron chi connectivity index (χ1n) is 7.79. The second-order valence-electron chi connectivity index (χ2n) is 6.26. The molecule has 1 saturated heterocycles. The standard InChI is InChI=1S/C15H28N2O4/c1-15(2)11-12(8-10-21-15)17-14(20)16-9-6-4-3-5-7-13(18)19/h12H,3-11H2,1-2H3,(H,18,19)(H2,16,17,20). The molecule has 0 saturated carbocycles. The number of hydrogen-bond acceptors (Lipinski definition) is 3. The summed E-state index contributed by atoms with van der Waals surface area (Å²) in [6.07, 6.45) is 5.34. The number of nitrogens with one attached hydrogen (secondary N) is 2. The largest absolute Gasteiger partial charge is 0.481 e. The first-order chi connectivity index (χ1) is 9.89. The minimum atomic E-state index is -0.744. The van der Waals surface area contributed by atoms with Crippen LogP contribution in [0.1, 0.15) is 58.8 Å². The van der Waals surface area contributed by atoms with Crippen LogP contribution in [0.2, 0.25) is 0 Å². The number of carbonyl (C=O) groups excluding carboxylic acids is 1. The van der Waals surface area contributed by atoms with Crippen molar-refractivity contribution in [3.05, 3.63) is 0 Å². The third-order valence-corrected chi connectivity index (χ3v) is 3.64. The molecule has 3 N–H and O–H groups in total. The normalized spacial score (nSPS) is 20.8. The molecule has 0 aliphatic carbocycles. The van der Waals surface area contributed by atoms with Gasteiger partial charge >= 0.3 is 12.0 Å². The fourth-order valence-corrected chi connectivity index (χ4v) is 2.55. The van der Waals surface area contributed by atoms with Crippen molar-refractivity contribution in [1.29, 1.82) is 0 Å². The van der Waals surface area contributed by atoms with Crippen LogP contribution in [0.5, 0.6) is 0 Å². The average Bonchev–Trinajstić information content (AvgIpc) is 2.36. The number of rotatable bonds is 8. The van der Waals surface area contributed by atoms with Crippen LogP contribution in [0.4, 0.5) is 4.79 Å². The van der Waals surface area contributed by atoms with E-state index in [1.165, 1.54) is 0 Å². The maximum Gasteiger partial charge on any atom is 0.315 e. The van der Waals surface area contributed by atoms with Gasteiger partial charge in [-0.2, -0.15) is 0 Å². The zero-order valence-electron chi connectivity index (χ0n) is 13.1. The second kappa shape index (κ2) is 8.87. The van der Waals surface area contributed by atoms with Crippen LogP contribution in [-0.2, 0) is 9.53 Å². The van der Waals surface area contributed by atoms with Gasteiger partial charge in [-0.1, -0.05) is 12.8 Å². The summed E-state index contributed by atoms with van der Waals surface area (Å²) in [5.74, 6) is -0.744. The van der Waals surface area contributed by atoms with Crippen molar-refractivity contribution in [1.82, 2.24) is 10.6 Å². The Balaban J connectivity index is 2.02. The molecule has 1 unspecified atom stereocenters. The Kier molecular flexibility index (Phi) is 7.50. The van der Waals surface area contributed by atoms with E-state index in [2.05, 4.69) is 10.6 Å². The van der Waals surface area contributed by atoms with Gasteiger partial charge in [0, 0.05) is 25.6 Å². The Morgan fingerprint density at radius 2 is 1.95 bits per heavy atom. The maximum atomic E-state index is 11.8. The summed E-state index contributed by atoms with van der Waals surface area (Å²) in [4.78, 5) is 22.1. The monoisotopic (exact) mass is 300 g/mol. The van der Waals surface area contributed by atoms with Crippen LogP contribution in [-0.4, -0.2) is 41.9 Å². The summed E-state index contributed by atoms with van der Waals surface area (Å²) in [7, 11) is 0. The van der Waals surface area contributed by atoms with E-state index in [1.54, 1.807) is 0 Å². The van der Waals surface area contributed by atoms with Gasteiger partial charge in [-0.15, -0.1) is 0 Å². The smallest absolute Gasteiger partial charge is 0.315 e. The van der Waals surface area contributed by atoms with Crippen molar-refractivity contribution in [2.75, 3.05) is 13.2 Å². The van der Waals surface area contributed by atoms with Gasteiger partial charge in [-0.05, 0) is 39.5 Å². The Morgan fingerprint density at radius 3 is 2.62 bits per heavy atom. The summed E-state index contributed by atoms with van der Waals surface area (Å²) < 4.78 is 5.62. The van der Waals surface area contributed by atoms with E-state index in [0.717, 1.165) is 32.1 Å². The molecule has 1 rings (SSSR count). The SMILES string of the molecule is CC1(C)CC(NC(=O)NCCCCCCC(=O)O)CCO1. The van der Waals surface area contributed by atoms with Gasteiger partial charge in [0.25, 0.3) is 0 Å². The van der Waals surface area contributed by atoms with E-state index in [4.69, 9.17) is 9.84 Å². The molecule has 0 bridgehead atoms. The highest BCUT2D eigenvalue weighted by Gasteiger charge is 2.29. The zero-order chi connectivity index (χ0) is 15.7. The molecule has 1 fully saturated rings. The van der Waals surface area contributed by atoms with E-state index in [9.17, 15) is 9.59 Å². The Bertz CT molecular complexity index is 345. The summed E-state index contributed by atoms with van der Waals surface area (Å²) in [6, 6.07) is 0.0487. The van der Waals surface area contributed by atoms with Crippen LogP contribution in [0, 0.1) is 0 Å². The van der Waals surface area contributed by atoms with Gasteiger partial charge in [0.2, 0.25) is 0 Å². The van der Waals surface area contributed by atoms with Gasteiger partial charge in [0.1, 0.15) is 0 Å². The number of carbonyl (C=O) groups is 2. The minimum absolute atomic E-state index is 0.122. The lowest BCUT2D eigenvalue weighted by atomic mass is 9.94. The van der Waals surface area contributed by atoms with Gasteiger partial charge in [-0.3, -0.25) is 4.79 Å². The second-order valence-corrected chi connectivity index (χ2v) is 6.26. The molecule has 0 aromatic rings. The fourth-order valence-electron chi connectivity index (χ4n) is 2.55. The predicted octanol–water partition coefficient (Wildman–Crippen LogP) is 2.28. The van der Waals surface area contributed by atoms with E-state index in [1.807, 2.05) is 13.8 Å². The Morgan fingerprint density at radius 1 is 1.24 bits per heavy atom. The summed E-state index contributed by atoms with van der Waals surface area (Å²) in [5.41, 5.74) is -0.166. The molecular weight excluding hydrogens is 272 g/mol. The van der Waals surface area contributed by atoms with Crippen LogP contribution < -0.4 is 10.6 Å². The zero-order valence-corrected chi connectivity index (χ0v) is 13.1. The fraction of sp³-hybridized carbons (Fsp3) is 0.867. The topological polar surface area (TPSA) is 87.7 Å². The Hall–Kier alpha value is -1.30. The van der Waals surface area contributed by atoms with Crippen LogP contribution in [0.3, 0.4) is 0 Å². The molecule has 1 aliphatic rings. The molecular formula is C15H28N2O4. The maximum absolute atomic E-state index is 11.8. The third kappa shape index (κ3) is 8.55. The highest BCUT2D eigenvalue weighted by Crippen LogP contribution is 2.23. The van der Waals surface area contributed by atoms with Crippen molar-refractivity contribution in [3.63, 3.8) is 0 Å². The van der Waals surface area contributed by atoms with Crippen LogP contribution in [0.15, 0.2) is 0 Å². The highest BCUT2D eigenvalue weighted by molar-refractivity contribution is 5.74. The summed E-state index contributed by atoms with van der Waals surface area (Å²) in [5, 5.41) is 14.3. The van der Waals surface area contributed by atoms with E-state index < -0.39 is 5.97 Å². The van der Waals surface area contributed by atoms with Crippen molar-refractivity contribution >= 4 is 12.0 Å². The molecule has 122 valence electrons. The van der Waals surface area contributed by atoms with Crippen molar-refractivity contribution in [2.24, 2.45) is 0 Å². The summed E-state index contributed by atoms with van der Waals surface area (Å²) in [6.45, 7) is 5.39. The number of amides is 2. The predicted molar refractivity (Wildman–Crippen MR) is 80.3 cm³/mol. The third-order valence-electron chi connectivity index (χ3n) is 3.64. The first-order valence-corrected chi connectivity index (χ1v) is 7.79. The van der Waals surface area contributed by atoms with E-state index >= 15 is 0 Å². The van der Waals surface area contributed by atoms with Gasteiger partial charge in [0.15, 0.2) is 0 Å². The van der Waals surface area contributed by atoms with Crippen LogP contribution >= 0.6 is 0 Å².